The number of fused-ring (bicyclic) bond motifs is 2. The smallest absolute Gasteiger partial charge is 0.312 e. The summed E-state index contributed by atoms with van der Waals surface area (Å²) >= 11 is 0. The van der Waals surface area contributed by atoms with Gasteiger partial charge in [0, 0.05) is 12.6 Å². The van der Waals surface area contributed by atoms with Crippen molar-refractivity contribution in [2.75, 3.05) is 6.54 Å². The number of carbonyl (C=O) groups is 2. The largest absolute Gasteiger partial charge is 0.352 e. The standard InChI is InChI=1S/C10H17N3O2/c1-6(12-10(11)15)9(14)13-5-7-2-3-8(13)4-7/h6-8H,2-5H2,1H3,(H3,11,12,15). The van der Waals surface area contributed by atoms with E-state index in [4.69, 9.17) is 5.73 Å². The molecular formula is C10H17N3O2. The maximum Gasteiger partial charge on any atom is 0.312 e. The van der Waals surface area contributed by atoms with Crippen molar-refractivity contribution in [3.05, 3.63) is 0 Å². The number of urea groups is 1. The first-order valence-electron chi connectivity index (χ1n) is 5.44. The van der Waals surface area contributed by atoms with Gasteiger partial charge in [0.05, 0.1) is 0 Å². The van der Waals surface area contributed by atoms with Crippen molar-refractivity contribution in [1.82, 2.24) is 10.2 Å². The van der Waals surface area contributed by atoms with Crippen LogP contribution in [-0.2, 0) is 4.79 Å². The van der Waals surface area contributed by atoms with E-state index >= 15 is 0 Å². The van der Waals surface area contributed by atoms with E-state index in [1.165, 1.54) is 6.42 Å². The Bertz CT molecular complexity index is 292. The SMILES string of the molecule is CC(NC(N)=O)C(=O)N1CC2CCC1C2. The Balaban J connectivity index is 1.93. The molecule has 3 amide bonds. The lowest BCUT2D eigenvalue weighted by atomic mass is 10.1. The minimum Gasteiger partial charge on any atom is -0.352 e. The average Bonchev–Trinajstić information content (AvgIpc) is 2.76. The van der Waals surface area contributed by atoms with Crippen LogP contribution in [0.15, 0.2) is 0 Å². The minimum absolute atomic E-state index is 0.000926. The predicted octanol–water partition coefficient (Wildman–Crippen LogP) is 0.0541. The Hall–Kier alpha value is -1.26. The molecule has 0 aromatic carbocycles. The van der Waals surface area contributed by atoms with Crippen LogP contribution in [0.5, 0.6) is 0 Å². The summed E-state index contributed by atoms with van der Waals surface area (Å²) in [6.45, 7) is 2.54. The molecule has 3 atom stereocenters. The zero-order valence-electron chi connectivity index (χ0n) is 8.90. The molecule has 2 rings (SSSR count). The van der Waals surface area contributed by atoms with Gasteiger partial charge in [0.1, 0.15) is 6.04 Å². The van der Waals surface area contributed by atoms with E-state index in [0.717, 1.165) is 19.4 Å². The predicted molar refractivity (Wildman–Crippen MR) is 55.0 cm³/mol. The second-order valence-corrected chi connectivity index (χ2v) is 4.55. The van der Waals surface area contributed by atoms with Crippen molar-refractivity contribution in [3.63, 3.8) is 0 Å². The van der Waals surface area contributed by atoms with Crippen LogP contribution in [-0.4, -0.2) is 35.5 Å². The molecule has 3 unspecified atom stereocenters. The highest BCUT2D eigenvalue weighted by Gasteiger charge is 2.41. The molecule has 1 saturated carbocycles. The Morgan fingerprint density at radius 2 is 2.20 bits per heavy atom. The van der Waals surface area contributed by atoms with Crippen molar-refractivity contribution < 1.29 is 9.59 Å². The Morgan fingerprint density at radius 1 is 1.47 bits per heavy atom. The summed E-state index contributed by atoms with van der Waals surface area (Å²) in [6, 6.07) is -0.735. The second kappa shape index (κ2) is 3.72. The summed E-state index contributed by atoms with van der Waals surface area (Å²) in [5.41, 5.74) is 4.98. The molecule has 5 heteroatoms. The molecule has 2 fully saturated rings. The number of rotatable bonds is 2. The van der Waals surface area contributed by atoms with Gasteiger partial charge in [-0.3, -0.25) is 4.79 Å². The normalized spacial score (nSPS) is 30.3. The number of amides is 3. The first kappa shape index (κ1) is 10.3. The number of likely N-dealkylation sites (tertiary alicyclic amines) is 1. The van der Waals surface area contributed by atoms with Crippen molar-refractivity contribution >= 4 is 11.9 Å². The van der Waals surface area contributed by atoms with Crippen LogP contribution in [0.2, 0.25) is 0 Å². The van der Waals surface area contributed by atoms with Gasteiger partial charge in [-0.05, 0) is 32.1 Å². The Morgan fingerprint density at radius 3 is 2.67 bits per heavy atom. The summed E-state index contributed by atoms with van der Waals surface area (Å²) in [4.78, 5) is 24.5. The first-order chi connectivity index (χ1) is 7.08. The summed E-state index contributed by atoms with van der Waals surface area (Å²) in [7, 11) is 0. The zero-order chi connectivity index (χ0) is 11.0. The molecule has 1 saturated heterocycles. The Kier molecular flexibility index (Phi) is 2.54. The fraction of sp³-hybridized carbons (Fsp3) is 0.800. The van der Waals surface area contributed by atoms with Gasteiger partial charge in [-0.25, -0.2) is 4.79 Å². The molecule has 1 heterocycles. The molecule has 2 bridgehead atoms. The van der Waals surface area contributed by atoms with Gasteiger partial charge < -0.3 is 16.0 Å². The summed E-state index contributed by atoms with van der Waals surface area (Å²) in [5, 5.41) is 2.43. The molecule has 15 heavy (non-hydrogen) atoms. The van der Waals surface area contributed by atoms with Crippen LogP contribution in [0.3, 0.4) is 0 Å². The van der Waals surface area contributed by atoms with Crippen LogP contribution >= 0.6 is 0 Å². The molecule has 0 radical (unpaired) electrons. The van der Waals surface area contributed by atoms with E-state index in [1.54, 1.807) is 6.92 Å². The maximum absolute atomic E-state index is 11.9. The maximum atomic E-state index is 11.9. The highest BCUT2D eigenvalue weighted by Crippen LogP contribution is 2.37. The number of nitrogens with two attached hydrogens (primary N) is 1. The zero-order valence-corrected chi connectivity index (χ0v) is 8.90. The molecule has 2 aliphatic rings. The second-order valence-electron chi connectivity index (χ2n) is 4.55. The fourth-order valence-corrected chi connectivity index (χ4v) is 2.72. The topological polar surface area (TPSA) is 75.4 Å². The molecule has 0 aromatic heterocycles. The van der Waals surface area contributed by atoms with Crippen LogP contribution in [0, 0.1) is 5.92 Å². The molecule has 1 aliphatic carbocycles. The van der Waals surface area contributed by atoms with Gasteiger partial charge >= 0.3 is 6.03 Å². The number of hydrogen-bond acceptors (Lipinski definition) is 2. The quantitative estimate of drug-likeness (QED) is 0.677. The summed E-state index contributed by atoms with van der Waals surface area (Å²) < 4.78 is 0. The molecule has 1 aliphatic heterocycles. The molecule has 0 aromatic rings. The van der Waals surface area contributed by atoms with E-state index in [1.807, 2.05) is 4.90 Å². The van der Waals surface area contributed by atoms with E-state index in [-0.39, 0.29) is 5.91 Å². The monoisotopic (exact) mass is 211 g/mol. The molecule has 3 N–H and O–H groups in total. The molecule has 0 spiro atoms. The van der Waals surface area contributed by atoms with Crippen LogP contribution in [0.25, 0.3) is 0 Å². The van der Waals surface area contributed by atoms with Crippen LogP contribution < -0.4 is 11.1 Å². The lowest BCUT2D eigenvalue weighted by molar-refractivity contribution is -0.134. The van der Waals surface area contributed by atoms with E-state index in [0.29, 0.717) is 12.0 Å². The van der Waals surface area contributed by atoms with Gasteiger partial charge in [0.25, 0.3) is 0 Å². The van der Waals surface area contributed by atoms with Crippen molar-refractivity contribution in [2.24, 2.45) is 11.7 Å². The lowest BCUT2D eigenvalue weighted by Crippen LogP contribution is -2.50. The minimum atomic E-state index is -0.639. The summed E-state index contributed by atoms with van der Waals surface area (Å²) in [5.74, 6) is 0.681. The summed E-state index contributed by atoms with van der Waals surface area (Å²) in [6.07, 6.45) is 3.49. The van der Waals surface area contributed by atoms with E-state index < -0.39 is 12.1 Å². The van der Waals surface area contributed by atoms with Crippen molar-refractivity contribution in [2.45, 2.75) is 38.3 Å². The highest BCUT2D eigenvalue weighted by atomic mass is 16.2. The highest BCUT2D eigenvalue weighted by molar-refractivity contribution is 5.86. The fourth-order valence-electron chi connectivity index (χ4n) is 2.72. The number of carbonyl (C=O) groups excluding carboxylic acids is 2. The van der Waals surface area contributed by atoms with Gasteiger partial charge in [0.15, 0.2) is 0 Å². The van der Waals surface area contributed by atoms with Gasteiger partial charge in [0.2, 0.25) is 5.91 Å². The molecule has 5 nitrogen and oxygen atoms in total. The Labute approximate surface area is 89.0 Å². The average molecular weight is 211 g/mol. The molecule has 84 valence electrons. The number of primary amides is 1. The van der Waals surface area contributed by atoms with E-state index in [9.17, 15) is 9.59 Å². The third-order valence-electron chi connectivity index (χ3n) is 3.42. The molecular weight excluding hydrogens is 194 g/mol. The third kappa shape index (κ3) is 1.91. The lowest BCUT2D eigenvalue weighted by Gasteiger charge is -2.29. The van der Waals surface area contributed by atoms with Gasteiger partial charge in [-0.2, -0.15) is 0 Å². The number of nitrogens with zero attached hydrogens (tertiary/aromatic N) is 1. The number of nitrogens with one attached hydrogen (secondary N) is 1. The van der Waals surface area contributed by atoms with Gasteiger partial charge in [-0.15, -0.1) is 0 Å². The van der Waals surface area contributed by atoms with Crippen molar-refractivity contribution in [3.8, 4) is 0 Å². The third-order valence-corrected chi connectivity index (χ3v) is 3.42. The van der Waals surface area contributed by atoms with Crippen LogP contribution in [0.4, 0.5) is 4.79 Å². The number of piperidine rings is 1. The van der Waals surface area contributed by atoms with E-state index in [2.05, 4.69) is 5.32 Å². The van der Waals surface area contributed by atoms with Gasteiger partial charge in [-0.1, -0.05) is 0 Å². The van der Waals surface area contributed by atoms with Crippen LogP contribution in [0.1, 0.15) is 26.2 Å². The van der Waals surface area contributed by atoms with Crippen molar-refractivity contribution in [1.29, 1.82) is 0 Å². The first-order valence-corrected chi connectivity index (χ1v) is 5.44. The number of hydrogen-bond donors (Lipinski definition) is 2.